The van der Waals surface area contributed by atoms with E-state index in [2.05, 4.69) is 4.98 Å². The Morgan fingerprint density at radius 1 is 1.11 bits per heavy atom. The summed E-state index contributed by atoms with van der Waals surface area (Å²) in [6.07, 6.45) is 0. The number of hydrogen-bond donors (Lipinski definition) is 0. The summed E-state index contributed by atoms with van der Waals surface area (Å²) in [7, 11) is 0. The Labute approximate surface area is 171 Å². The van der Waals surface area contributed by atoms with Gasteiger partial charge in [-0.05, 0) is 30.3 Å². The van der Waals surface area contributed by atoms with Crippen molar-refractivity contribution in [1.29, 1.82) is 0 Å². The van der Waals surface area contributed by atoms with E-state index in [1.54, 1.807) is 18.2 Å². The minimum atomic E-state index is -0.272. The summed E-state index contributed by atoms with van der Waals surface area (Å²) in [6.45, 7) is 1.74. The van der Waals surface area contributed by atoms with Crippen molar-refractivity contribution in [2.24, 2.45) is 0 Å². The molecule has 0 atom stereocenters. The topological polar surface area (TPSA) is 42.4 Å². The predicted octanol–water partition coefficient (Wildman–Crippen LogP) is 4.72. The molecule has 1 aliphatic heterocycles. The van der Waals surface area contributed by atoms with Gasteiger partial charge < -0.3 is 9.64 Å². The van der Waals surface area contributed by atoms with Crippen molar-refractivity contribution in [1.82, 2.24) is 9.88 Å². The highest BCUT2D eigenvalue weighted by molar-refractivity contribution is 7.99. The van der Waals surface area contributed by atoms with Crippen LogP contribution in [-0.2, 0) is 6.61 Å². The summed E-state index contributed by atoms with van der Waals surface area (Å²) in [4.78, 5) is 18.9. The second-order valence-electron chi connectivity index (χ2n) is 6.35. The Bertz CT molecular complexity index is 953. The van der Waals surface area contributed by atoms with Crippen LogP contribution in [0, 0.1) is 5.82 Å². The molecule has 0 bridgehead atoms. The molecular formula is C21H19FN2O2S2. The molecule has 3 aromatic rings. The van der Waals surface area contributed by atoms with Crippen molar-refractivity contribution in [3.05, 3.63) is 71.0 Å². The third-order valence-corrected chi connectivity index (χ3v) is 6.31. The third kappa shape index (κ3) is 4.36. The van der Waals surface area contributed by atoms with Gasteiger partial charge >= 0.3 is 0 Å². The van der Waals surface area contributed by atoms with Gasteiger partial charge in [-0.25, -0.2) is 9.37 Å². The van der Waals surface area contributed by atoms with Gasteiger partial charge in [0.05, 0.1) is 0 Å². The van der Waals surface area contributed by atoms with E-state index in [-0.39, 0.29) is 18.3 Å². The van der Waals surface area contributed by atoms with E-state index >= 15 is 0 Å². The zero-order valence-electron chi connectivity index (χ0n) is 15.1. The molecule has 0 aliphatic carbocycles. The number of halogens is 1. The fraction of sp³-hybridized carbons (Fsp3) is 0.238. The lowest BCUT2D eigenvalue weighted by molar-refractivity contribution is 0.0767. The Kier molecular flexibility index (Phi) is 5.92. The number of aromatic nitrogens is 1. The molecule has 1 fully saturated rings. The van der Waals surface area contributed by atoms with Gasteiger partial charge in [-0.1, -0.05) is 18.2 Å². The molecule has 2 aromatic carbocycles. The average molecular weight is 415 g/mol. The molecule has 4 rings (SSSR count). The molecule has 0 radical (unpaired) electrons. The van der Waals surface area contributed by atoms with Gasteiger partial charge in [-0.15, -0.1) is 11.3 Å². The molecule has 0 saturated carbocycles. The quantitative estimate of drug-likeness (QED) is 0.606. The number of carbonyl (C=O) groups excluding carboxylic acids is 1. The van der Waals surface area contributed by atoms with Crippen molar-refractivity contribution < 1.29 is 13.9 Å². The lowest BCUT2D eigenvalue weighted by Crippen LogP contribution is -2.38. The minimum absolute atomic E-state index is 0.00708. The van der Waals surface area contributed by atoms with E-state index in [9.17, 15) is 9.18 Å². The van der Waals surface area contributed by atoms with Crippen LogP contribution < -0.4 is 4.74 Å². The molecule has 0 unspecified atom stereocenters. The molecule has 7 heteroatoms. The van der Waals surface area contributed by atoms with Crippen LogP contribution in [-0.4, -0.2) is 40.4 Å². The Morgan fingerprint density at radius 2 is 1.86 bits per heavy atom. The van der Waals surface area contributed by atoms with Crippen molar-refractivity contribution >= 4 is 29.0 Å². The fourth-order valence-corrected chi connectivity index (χ4v) is 4.61. The molecular weight excluding hydrogens is 395 g/mol. The van der Waals surface area contributed by atoms with Gasteiger partial charge in [0, 0.05) is 41.1 Å². The maximum absolute atomic E-state index is 13.7. The maximum Gasteiger partial charge on any atom is 0.273 e. The molecule has 2 heterocycles. The van der Waals surface area contributed by atoms with Crippen molar-refractivity contribution in [2.45, 2.75) is 6.61 Å². The summed E-state index contributed by atoms with van der Waals surface area (Å²) in [5.41, 5.74) is 1.95. The van der Waals surface area contributed by atoms with E-state index < -0.39 is 0 Å². The maximum atomic E-state index is 13.7. The number of hydrogen-bond acceptors (Lipinski definition) is 5. The van der Waals surface area contributed by atoms with E-state index in [0.29, 0.717) is 17.0 Å². The summed E-state index contributed by atoms with van der Waals surface area (Å²) in [6, 6.07) is 14.1. The highest BCUT2D eigenvalue weighted by Gasteiger charge is 2.21. The number of ether oxygens (including phenoxy) is 1. The summed E-state index contributed by atoms with van der Waals surface area (Å²) in [5.74, 6) is 2.36. The molecule has 1 amide bonds. The number of carbonyl (C=O) groups is 1. The van der Waals surface area contributed by atoms with Crippen molar-refractivity contribution in [3.8, 4) is 16.3 Å². The number of amides is 1. The molecule has 28 heavy (non-hydrogen) atoms. The predicted molar refractivity (Wildman–Crippen MR) is 112 cm³/mol. The number of thiazole rings is 1. The lowest BCUT2D eigenvalue weighted by Gasteiger charge is -2.25. The van der Waals surface area contributed by atoms with E-state index in [4.69, 9.17) is 4.74 Å². The Balaban J connectivity index is 1.40. The summed E-state index contributed by atoms with van der Waals surface area (Å²) >= 11 is 3.33. The Morgan fingerprint density at radius 3 is 2.61 bits per heavy atom. The standard InChI is InChI=1S/C21H19FN2O2S2/c22-18-4-2-1-3-16(18)13-26-17-7-5-15(6-8-17)20-23-19(14-28-20)21(25)24-9-11-27-12-10-24/h1-8,14H,9-13H2. The van der Waals surface area contributed by atoms with E-state index in [0.717, 1.165) is 35.2 Å². The van der Waals surface area contributed by atoms with Crippen molar-refractivity contribution in [2.75, 3.05) is 24.6 Å². The van der Waals surface area contributed by atoms with E-state index in [1.165, 1.54) is 17.4 Å². The molecule has 0 N–H and O–H groups in total. The Hall–Kier alpha value is -2.38. The highest BCUT2D eigenvalue weighted by Crippen LogP contribution is 2.27. The monoisotopic (exact) mass is 414 g/mol. The molecule has 1 aliphatic rings. The van der Waals surface area contributed by atoms with Crippen molar-refractivity contribution in [3.63, 3.8) is 0 Å². The smallest absolute Gasteiger partial charge is 0.273 e. The first kappa shape index (κ1) is 19.0. The van der Waals surface area contributed by atoms with Crippen LogP contribution in [0.5, 0.6) is 5.75 Å². The number of nitrogens with zero attached hydrogens (tertiary/aromatic N) is 2. The third-order valence-electron chi connectivity index (χ3n) is 4.48. The van der Waals surface area contributed by atoms with Crippen LogP contribution in [0.2, 0.25) is 0 Å². The first-order valence-electron chi connectivity index (χ1n) is 9.00. The van der Waals surface area contributed by atoms with Crippen LogP contribution in [0.25, 0.3) is 10.6 Å². The molecule has 0 spiro atoms. The summed E-state index contributed by atoms with van der Waals surface area (Å²) in [5, 5.41) is 2.62. The average Bonchev–Trinajstić information content (AvgIpc) is 3.24. The van der Waals surface area contributed by atoms with Gasteiger partial charge in [-0.2, -0.15) is 11.8 Å². The van der Waals surface area contributed by atoms with Gasteiger partial charge in [0.2, 0.25) is 0 Å². The van der Waals surface area contributed by atoms with Crippen LogP contribution in [0.15, 0.2) is 53.9 Å². The number of thioether (sulfide) groups is 1. The molecule has 144 valence electrons. The van der Waals surface area contributed by atoms with Crippen LogP contribution >= 0.6 is 23.1 Å². The van der Waals surface area contributed by atoms with Gasteiger partial charge in [0.15, 0.2) is 0 Å². The van der Waals surface area contributed by atoms with Crippen LogP contribution in [0.3, 0.4) is 0 Å². The van der Waals surface area contributed by atoms with Crippen LogP contribution in [0.1, 0.15) is 16.1 Å². The largest absolute Gasteiger partial charge is 0.489 e. The lowest BCUT2D eigenvalue weighted by atomic mass is 10.2. The molecule has 1 aromatic heterocycles. The number of rotatable bonds is 5. The van der Waals surface area contributed by atoms with Gasteiger partial charge in [-0.3, -0.25) is 4.79 Å². The fourth-order valence-electron chi connectivity index (χ4n) is 2.90. The molecule has 4 nitrogen and oxygen atoms in total. The first-order valence-corrected chi connectivity index (χ1v) is 11.0. The first-order chi connectivity index (χ1) is 13.7. The minimum Gasteiger partial charge on any atom is -0.489 e. The zero-order valence-corrected chi connectivity index (χ0v) is 16.8. The second kappa shape index (κ2) is 8.75. The summed E-state index contributed by atoms with van der Waals surface area (Å²) < 4.78 is 19.3. The normalized spacial score (nSPS) is 14.1. The number of benzene rings is 2. The molecule has 1 saturated heterocycles. The van der Waals surface area contributed by atoms with Crippen LogP contribution in [0.4, 0.5) is 4.39 Å². The SMILES string of the molecule is O=C(c1csc(-c2ccc(OCc3ccccc3F)cc2)n1)N1CCSCC1. The van der Waals surface area contributed by atoms with Gasteiger partial charge in [0.25, 0.3) is 5.91 Å². The van der Waals surface area contributed by atoms with Gasteiger partial charge in [0.1, 0.15) is 28.9 Å². The van der Waals surface area contributed by atoms with E-state index in [1.807, 2.05) is 46.3 Å². The highest BCUT2D eigenvalue weighted by atomic mass is 32.2. The zero-order chi connectivity index (χ0) is 19.3. The second-order valence-corrected chi connectivity index (χ2v) is 8.43.